The SMILES string of the molecule is O=C(c1ccc(Cl)cc1[N+](=O)[O-])N1CCC(N2CCNCC2)C1. The summed E-state index contributed by atoms with van der Waals surface area (Å²) in [5, 5.41) is 14.7. The van der Waals surface area contributed by atoms with Gasteiger partial charge in [-0.3, -0.25) is 19.8 Å². The molecular weight excluding hydrogens is 320 g/mol. The molecular formula is C15H19ClN4O3. The van der Waals surface area contributed by atoms with Crippen molar-refractivity contribution in [3.05, 3.63) is 38.9 Å². The standard InChI is InChI=1S/C15H19ClN4O3/c16-11-1-2-13(14(9-11)20(22)23)15(21)19-6-3-12(10-19)18-7-4-17-5-8-18/h1-2,9,12,17H,3-8,10H2. The van der Waals surface area contributed by atoms with Crippen molar-refractivity contribution in [2.75, 3.05) is 39.3 Å². The van der Waals surface area contributed by atoms with Crippen molar-refractivity contribution in [2.45, 2.75) is 12.5 Å². The molecule has 0 aliphatic carbocycles. The van der Waals surface area contributed by atoms with Crippen LogP contribution < -0.4 is 5.32 Å². The van der Waals surface area contributed by atoms with E-state index in [1.54, 1.807) is 4.90 Å². The van der Waals surface area contributed by atoms with E-state index in [0.717, 1.165) is 32.6 Å². The Kier molecular flexibility index (Phi) is 4.79. The Morgan fingerprint density at radius 2 is 2.04 bits per heavy atom. The molecule has 0 saturated carbocycles. The molecule has 0 radical (unpaired) electrons. The number of hydrogen-bond donors (Lipinski definition) is 1. The topological polar surface area (TPSA) is 78.7 Å². The van der Waals surface area contributed by atoms with Crippen molar-refractivity contribution in [1.82, 2.24) is 15.1 Å². The third-order valence-electron chi connectivity index (χ3n) is 4.51. The van der Waals surface area contributed by atoms with Gasteiger partial charge < -0.3 is 10.2 Å². The highest BCUT2D eigenvalue weighted by Gasteiger charge is 2.33. The molecule has 23 heavy (non-hydrogen) atoms. The van der Waals surface area contributed by atoms with Gasteiger partial charge in [0, 0.05) is 56.4 Å². The lowest BCUT2D eigenvalue weighted by Crippen LogP contribution is -2.49. The Labute approximate surface area is 139 Å². The van der Waals surface area contributed by atoms with Crippen molar-refractivity contribution >= 4 is 23.2 Å². The lowest BCUT2D eigenvalue weighted by Gasteiger charge is -2.32. The van der Waals surface area contributed by atoms with E-state index in [-0.39, 0.29) is 22.2 Å². The number of nitro groups is 1. The van der Waals surface area contributed by atoms with Crippen LogP contribution in [0.4, 0.5) is 5.69 Å². The minimum Gasteiger partial charge on any atom is -0.337 e. The molecule has 2 saturated heterocycles. The summed E-state index contributed by atoms with van der Waals surface area (Å²) >= 11 is 5.81. The molecule has 7 nitrogen and oxygen atoms in total. The first kappa shape index (κ1) is 16.2. The maximum absolute atomic E-state index is 12.7. The van der Waals surface area contributed by atoms with Crippen LogP contribution in [0.25, 0.3) is 0 Å². The van der Waals surface area contributed by atoms with Gasteiger partial charge in [0.2, 0.25) is 0 Å². The van der Waals surface area contributed by atoms with Gasteiger partial charge in [-0.25, -0.2) is 0 Å². The summed E-state index contributed by atoms with van der Waals surface area (Å²) < 4.78 is 0. The molecule has 1 aromatic rings. The van der Waals surface area contributed by atoms with Crippen molar-refractivity contribution in [1.29, 1.82) is 0 Å². The molecule has 0 bridgehead atoms. The van der Waals surface area contributed by atoms with E-state index in [1.807, 2.05) is 0 Å². The van der Waals surface area contributed by atoms with Crippen molar-refractivity contribution in [3.63, 3.8) is 0 Å². The number of rotatable bonds is 3. The zero-order chi connectivity index (χ0) is 16.4. The Morgan fingerprint density at radius 3 is 2.74 bits per heavy atom. The Balaban J connectivity index is 1.73. The first-order valence-electron chi connectivity index (χ1n) is 7.74. The van der Waals surface area contributed by atoms with Crippen LogP contribution in [0.1, 0.15) is 16.8 Å². The molecule has 1 aromatic carbocycles. The second-order valence-electron chi connectivity index (χ2n) is 5.90. The molecule has 3 rings (SSSR count). The van der Waals surface area contributed by atoms with Gasteiger partial charge in [0.1, 0.15) is 5.56 Å². The molecule has 1 atom stereocenters. The van der Waals surface area contributed by atoms with E-state index in [2.05, 4.69) is 10.2 Å². The largest absolute Gasteiger partial charge is 0.337 e. The van der Waals surface area contributed by atoms with Crippen LogP contribution in [0.5, 0.6) is 0 Å². The van der Waals surface area contributed by atoms with E-state index in [1.165, 1.54) is 18.2 Å². The van der Waals surface area contributed by atoms with Crippen LogP contribution in [0.3, 0.4) is 0 Å². The van der Waals surface area contributed by atoms with E-state index < -0.39 is 4.92 Å². The summed E-state index contributed by atoms with van der Waals surface area (Å²) in [6.45, 7) is 5.15. The van der Waals surface area contributed by atoms with Crippen LogP contribution in [-0.2, 0) is 0 Å². The molecule has 2 fully saturated rings. The highest BCUT2D eigenvalue weighted by Crippen LogP contribution is 2.26. The molecule has 0 spiro atoms. The molecule has 0 aromatic heterocycles. The second-order valence-corrected chi connectivity index (χ2v) is 6.33. The summed E-state index contributed by atoms with van der Waals surface area (Å²) in [6, 6.07) is 4.54. The van der Waals surface area contributed by atoms with E-state index in [9.17, 15) is 14.9 Å². The first-order chi connectivity index (χ1) is 11.1. The Bertz CT molecular complexity index is 619. The zero-order valence-electron chi connectivity index (χ0n) is 12.7. The van der Waals surface area contributed by atoms with Gasteiger partial charge in [0.15, 0.2) is 0 Å². The lowest BCUT2D eigenvalue weighted by atomic mass is 10.1. The summed E-state index contributed by atoms with van der Waals surface area (Å²) in [6.07, 6.45) is 0.910. The number of amides is 1. The van der Waals surface area contributed by atoms with Gasteiger partial charge >= 0.3 is 0 Å². The number of likely N-dealkylation sites (tertiary alicyclic amines) is 1. The second kappa shape index (κ2) is 6.82. The highest BCUT2D eigenvalue weighted by atomic mass is 35.5. The summed E-state index contributed by atoms with van der Waals surface area (Å²) in [7, 11) is 0. The van der Waals surface area contributed by atoms with Crippen molar-refractivity contribution in [3.8, 4) is 0 Å². The number of nitro benzene ring substituents is 1. The van der Waals surface area contributed by atoms with Gasteiger partial charge in [-0.15, -0.1) is 0 Å². The maximum Gasteiger partial charge on any atom is 0.283 e. The zero-order valence-corrected chi connectivity index (χ0v) is 13.5. The molecule has 8 heteroatoms. The maximum atomic E-state index is 12.7. The smallest absolute Gasteiger partial charge is 0.283 e. The monoisotopic (exact) mass is 338 g/mol. The quantitative estimate of drug-likeness (QED) is 0.665. The average Bonchev–Trinajstić information content (AvgIpc) is 3.05. The summed E-state index contributed by atoms with van der Waals surface area (Å²) in [4.78, 5) is 27.4. The number of benzene rings is 1. The fourth-order valence-corrected chi connectivity index (χ4v) is 3.44. The van der Waals surface area contributed by atoms with Crippen LogP contribution in [0.2, 0.25) is 5.02 Å². The van der Waals surface area contributed by atoms with Crippen LogP contribution in [0, 0.1) is 10.1 Å². The van der Waals surface area contributed by atoms with Gasteiger partial charge in [-0.1, -0.05) is 11.6 Å². The van der Waals surface area contributed by atoms with E-state index >= 15 is 0 Å². The number of halogens is 1. The van der Waals surface area contributed by atoms with Crippen LogP contribution >= 0.6 is 11.6 Å². The Hall–Kier alpha value is -1.70. The van der Waals surface area contributed by atoms with Crippen molar-refractivity contribution in [2.24, 2.45) is 0 Å². The predicted octanol–water partition coefficient (Wildman–Crippen LogP) is 1.37. The molecule has 1 unspecified atom stereocenters. The summed E-state index contributed by atoms with van der Waals surface area (Å²) in [5.74, 6) is -0.286. The molecule has 1 amide bonds. The van der Waals surface area contributed by atoms with Gasteiger partial charge in [-0.2, -0.15) is 0 Å². The minimum atomic E-state index is -0.553. The third-order valence-corrected chi connectivity index (χ3v) is 4.74. The van der Waals surface area contributed by atoms with E-state index in [4.69, 9.17) is 11.6 Å². The number of carbonyl (C=O) groups is 1. The molecule has 2 heterocycles. The first-order valence-corrected chi connectivity index (χ1v) is 8.12. The number of hydrogen-bond acceptors (Lipinski definition) is 5. The Morgan fingerprint density at radius 1 is 1.30 bits per heavy atom. The van der Waals surface area contributed by atoms with E-state index in [0.29, 0.717) is 19.1 Å². The predicted molar refractivity (Wildman–Crippen MR) is 86.9 cm³/mol. The lowest BCUT2D eigenvalue weighted by molar-refractivity contribution is -0.385. The van der Waals surface area contributed by atoms with Crippen LogP contribution in [-0.4, -0.2) is 65.9 Å². The molecule has 1 N–H and O–H groups in total. The van der Waals surface area contributed by atoms with Gasteiger partial charge in [-0.05, 0) is 18.6 Å². The molecule has 2 aliphatic rings. The number of nitrogens with one attached hydrogen (secondary N) is 1. The van der Waals surface area contributed by atoms with Crippen LogP contribution in [0.15, 0.2) is 18.2 Å². The highest BCUT2D eigenvalue weighted by molar-refractivity contribution is 6.31. The number of piperazine rings is 1. The molecule has 124 valence electrons. The fourth-order valence-electron chi connectivity index (χ4n) is 3.28. The fraction of sp³-hybridized carbons (Fsp3) is 0.533. The summed E-state index contributed by atoms with van der Waals surface area (Å²) in [5.41, 5.74) is -0.117. The number of nitrogens with zero attached hydrogens (tertiary/aromatic N) is 3. The van der Waals surface area contributed by atoms with Gasteiger partial charge in [0.05, 0.1) is 4.92 Å². The third kappa shape index (κ3) is 3.46. The van der Waals surface area contributed by atoms with Gasteiger partial charge in [0.25, 0.3) is 11.6 Å². The normalized spacial score (nSPS) is 22.3. The number of carbonyl (C=O) groups excluding carboxylic acids is 1. The minimum absolute atomic E-state index is 0.111. The van der Waals surface area contributed by atoms with Crippen molar-refractivity contribution < 1.29 is 9.72 Å². The molecule has 2 aliphatic heterocycles. The average molecular weight is 339 g/mol.